The molecule has 1 amide bonds. The minimum absolute atomic E-state index is 0.311. The van der Waals surface area contributed by atoms with Crippen molar-refractivity contribution in [3.05, 3.63) is 12.7 Å². The number of hydrogen-bond donors (Lipinski definition) is 0. The van der Waals surface area contributed by atoms with E-state index in [-0.39, 0.29) is 0 Å². The molecule has 0 heterocycles. The molecular weight excluding hydrogens is 186 g/mol. The van der Waals surface area contributed by atoms with E-state index in [2.05, 4.69) is 11.3 Å². The lowest BCUT2D eigenvalue weighted by Crippen LogP contribution is -2.39. The van der Waals surface area contributed by atoms with Gasteiger partial charge in [-0.1, -0.05) is 6.08 Å². The smallest absolute Gasteiger partial charge is 0.409 e. The summed E-state index contributed by atoms with van der Waals surface area (Å²) in [5, 5.41) is 0. The highest BCUT2D eigenvalue weighted by atomic mass is 16.7. The molecule has 0 radical (unpaired) electrons. The SMILES string of the molecule is C=CCN(CC(OC)OC)C(=O)OC. The van der Waals surface area contributed by atoms with Crippen LogP contribution in [-0.2, 0) is 14.2 Å². The molecule has 0 saturated heterocycles. The molecule has 0 aliphatic rings. The Bertz CT molecular complexity index is 180. The third-order valence-electron chi connectivity index (χ3n) is 1.68. The van der Waals surface area contributed by atoms with Gasteiger partial charge in [0, 0.05) is 20.8 Å². The molecule has 0 saturated carbocycles. The average molecular weight is 203 g/mol. The molecule has 0 unspecified atom stereocenters. The molecule has 0 spiro atoms. The summed E-state index contributed by atoms with van der Waals surface area (Å²) in [6, 6.07) is 0. The van der Waals surface area contributed by atoms with Crippen LogP contribution in [0.5, 0.6) is 0 Å². The topological polar surface area (TPSA) is 48.0 Å². The molecule has 82 valence electrons. The highest BCUT2D eigenvalue weighted by Crippen LogP contribution is 1.99. The zero-order chi connectivity index (χ0) is 11.0. The largest absolute Gasteiger partial charge is 0.453 e. The number of carbonyl (C=O) groups excluding carboxylic acids is 1. The Hall–Kier alpha value is -1.07. The second-order valence-corrected chi connectivity index (χ2v) is 2.56. The van der Waals surface area contributed by atoms with Crippen molar-refractivity contribution in [1.29, 1.82) is 0 Å². The molecule has 5 nitrogen and oxygen atoms in total. The van der Waals surface area contributed by atoms with Crippen molar-refractivity contribution in [3.63, 3.8) is 0 Å². The van der Waals surface area contributed by atoms with Gasteiger partial charge in [0.25, 0.3) is 0 Å². The Kier molecular flexibility index (Phi) is 6.78. The third kappa shape index (κ3) is 4.25. The Balaban J connectivity index is 4.19. The lowest BCUT2D eigenvalue weighted by Gasteiger charge is -2.23. The zero-order valence-corrected chi connectivity index (χ0v) is 8.86. The van der Waals surface area contributed by atoms with Crippen molar-refractivity contribution in [1.82, 2.24) is 4.90 Å². The van der Waals surface area contributed by atoms with Crippen molar-refractivity contribution in [2.24, 2.45) is 0 Å². The highest BCUT2D eigenvalue weighted by Gasteiger charge is 2.17. The van der Waals surface area contributed by atoms with E-state index in [1.807, 2.05) is 0 Å². The van der Waals surface area contributed by atoms with Gasteiger partial charge in [0.1, 0.15) is 0 Å². The summed E-state index contributed by atoms with van der Waals surface area (Å²) in [6.45, 7) is 4.25. The van der Waals surface area contributed by atoms with Crippen molar-refractivity contribution in [2.75, 3.05) is 34.4 Å². The fourth-order valence-electron chi connectivity index (χ4n) is 0.934. The van der Waals surface area contributed by atoms with Crippen LogP contribution in [0.15, 0.2) is 12.7 Å². The van der Waals surface area contributed by atoms with E-state index >= 15 is 0 Å². The van der Waals surface area contributed by atoms with E-state index in [0.717, 1.165) is 0 Å². The second-order valence-electron chi connectivity index (χ2n) is 2.56. The van der Waals surface area contributed by atoms with Gasteiger partial charge in [-0.2, -0.15) is 0 Å². The van der Waals surface area contributed by atoms with E-state index < -0.39 is 12.4 Å². The minimum atomic E-state index is -0.450. The van der Waals surface area contributed by atoms with E-state index in [1.54, 1.807) is 6.08 Å². The molecule has 0 rings (SSSR count). The maximum absolute atomic E-state index is 11.2. The van der Waals surface area contributed by atoms with Crippen molar-refractivity contribution >= 4 is 6.09 Å². The molecule has 0 aromatic carbocycles. The van der Waals surface area contributed by atoms with E-state index in [0.29, 0.717) is 13.1 Å². The minimum Gasteiger partial charge on any atom is -0.453 e. The predicted molar refractivity (Wildman–Crippen MR) is 52.0 cm³/mol. The van der Waals surface area contributed by atoms with Gasteiger partial charge in [-0.25, -0.2) is 4.79 Å². The zero-order valence-electron chi connectivity index (χ0n) is 8.86. The number of amides is 1. The van der Waals surface area contributed by atoms with Crippen LogP contribution < -0.4 is 0 Å². The molecule has 0 aliphatic carbocycles. The predicted octanol–water partition coefficient (Wildman–Crippen LogP) is 0.860. The summed E-state index contributed by atoms with van der Waals surface area (Å²) in [5.41, 5.74) is 0. The number of rotatable bonds is 6. The van der Waals surface area contributed by atoms with Crippen molar-refractivity contribution < 1.29 is 19.0 Å². The summed E-state index contributed by atoms with van der Waals surface area (Å²) in [7, 11) is 4.35. The van der Waals surface area contributed by atoms with Crippen molar-refractivity contribution in [2.45, 2.75) is 6.29 Å². The monoisotopic (exact) mass is 203 g/mol. The third-order valence-corrected chi connectivity index (χ3v) is 1.68. The lowest BCUT2D eigenvalue weighted by atomic mass is 10.5. The van der Waals surface area contributed by atoms with Crippen LogP contribution in [0.3, 0.4) is 0 Å². The first-order valence-corrected chi connectivity index (χ1v) is 4.19. The van der Waals surface area contributed by atoms with E-state index in [9.17, 15) is 4.79 Å². The van der Waals surface area contributed by atoms with Crippen LogP contribution in [0.25, 0.3) is 0 Å². The van der Waals surface area contributed by atoms with Gasteiger partial charge >= 0.3 is 6.09 Å². The number of nitrogens with zero attached hydrogens (tertiary/aromatic N) is 1. The molecule has 0 aliphatic heterocycles. The molecule has 14 heavy (non-hydrogen) atoms. The Morgan fingerprint density at radius 3 is 2.36 bits per heavy atom. The standard InChI is InChI=1S/C9H17NO4/c1-5-6-10(9(11)14-4)7-8(12-2)13-3/h5,8H,1,6-7H2,2-4H3. The fraction of sp³-hybridized carbons (Fsp3) is 0.667. The average Bonchev–Trinajstić information content (AvgIpc) is 2.23. The molecule has 0 bridgehead atoms. The van der Waals surface area contributed by atoms with Gasteiger partial charge in [0.2, 0.25) is 0 Å². The number of hydrogen-bond acceptors (Lipinski definition) is 4. The molecule has 0 fully saturated rings. The summed E-state index contributed by atoms with van der Waals surface area (Å²) < 4.78 is 14.5. The second kappa shape index (κ2) is 7.34. The first-order chi connectivity index (χ1) is 6.69. The van der Waals surface area contributed by atoms with Gasteiger partial charge < -0.3 is 14.2 Å². The molecule has 0 aromatic heterocycles. The van der Waals surface area contributed by atoms with Gasteiger partial charge in [-0.3, -0.25) is 4.90 Å². The quantitative estimate of drug-likeness (QED) is 0.474. The Morgan fingerprint density at radius 1 is 1.43 bits per heavy atom. The highest BCUT2D eigenvalue weighted by molar-refractivity contribution is 5.67. The van der Waals surface area contributed by atoms with E-state index in [4.69, 9.17) is 9.47 Å². The van der Waals surface area contributed by atoms with Gasteiger partial charge in [-0.15, -0.1) is 6.58 Å². The van der Waals surface area contributed by atoms with Crippen LogP contribution in [0.1, 0.15) is 0 Å². The molecular formula is C9H17NO4. The fourth-order valence-corrected chi connectivity index (χ4v) is 0.934. The van der Waals surface area contributed by atoms with Crippen molar-refractivity contribution in [3.8, 4) is 0 Å². The molecule has 0 N–H and O–H groups in total. The normalized spacial score (nSPS) is 10.0. The van der Waals surface area contributed by atoms with Gasteiger partial charge in [0.05, 0.1) is 13.7 Å². The van der Waals surface area contributed by atoms with Gasteiger partial charge in [-0.05, 0) is 0 Å². The first kappa shape index (κ1) is 12.9. The molecule has 0 aromatic rings. The number of ether oxygens (including phenoxy) is 3. The summed E-state index contributed by atoms with van der Waals surface area (Å²) in [6.07, 6.45) is 0.734. The number of methoxy groups -OCH3 is 3. The maximum Gasteiger partial charge on any atom is 0.409 e. The summed E-state index contributed by atoms with van der Waals surface area (Å²) in [4.78, 5) is 12.6. The van der Waals surface area contributed by atoms with Crippen LogP contribution in [-0.4, -0.2) is 51.7 Å². The summed E-state index contributed by atoms with van der Waals surface area (Å²) in [5.74, 6) is 0. The summed E-state index contributed by atoms with van der Waals surface area (Å²) >= 11 is 0. The molecule has 5 heteroatoms. The van der Waals surface area contributed by atoms with Crippen LogP contribution in [0.4, 0.5) is 4.79 Å². The first-order valence-electron chi connectivity index (χ1n) is 4.19. The van der Waals surface area contributed by atoms with Crippen LogP contribution in [0.2, 0.25) is 0 Å². The maximum atomic E-state index is 11.2. The Labute approximate surface area is 84.2 Å². The number of carbonyl (C=O) groups is 1. The molecule has 0 atom stereocenters. The van der Waals surface area contributed by atoms with Crippen LogP contribution in [0, 0.1) is 0 Å². The van der Waals surface area contributed by atoms with Crippen LogP contribution >= 0.6 is 0 Å². The Morgan fingerprint density at radius 2 is 2.00 bits per heavy atom. The lowest BCUT2D eigenvalue weighted by molar-refractivity contribution is -0.112. The van der Waals surface area contributed by atoms with Gasteiger partial charge in [0.15, 0.2) is 6.29 Å². The van der Waals surface area contributed by atoms with E-state index in [1.165, 1.54) is 26.2 Å².